The molecule has 1 heterocycles. The zero-order valence-corrected chi connectivity index (χ0v) is 11.3. The molecule has 0 spiro atoms. The van der Waals surface area contributed by atoms with E-state index in [2.05, 4.69) is 20.8 Å². The van der Waals surface area contributed by atoms with Crippen molar-refractivity contribution in [3.05, 3.63) is 11.1 Å². The fraction of sp³-hybridized carbons (Fsp3) is 0.733. The predicted octanol–water partition coefficient (Wildman–Crippen LogP) is 2.65. The molecule has 0 saturated heterocycles. The van der Waals surface area contributed by atoms with Crippen LogP contribution in [0.2, 0.25) is 0 Å². The third-order valence-electron chi connectivity index (χ3n) is 5.38. The van der Waals surface area contributed by atoms with Crippen LogP contribution in [0.5, 0.6) is 0 Å². The van der Waals surface area contributed by atoms with Gasteiger partial charge in [0.25, 0.3) is 0 Å². The van der Waals surface area contributed by atoms with E-state index in [4.69, 9.17) is 4.74 Å². The monoisotopic (exact) mass is 248 g/mol. The summed E-state index contributed by atoms with van der Waals surface area (Å²) in [6.07, 6.45) is 3.84. The lowest BCUT2D eigenvalue weighted by molar-refractivity contribution is -0.138. The maximum atomic E-state index is 12.2. The molecule has 0 unspecified atom stereocenters. The molecule has 0 amide bonds. The van der Waals surface area contributed by atoms with Gasteiger partial charge in [-0.3, -0.25) is 4.79 Å². The van der Waals surface area contributed by atoms with E-state index in [0.717, 1.165) is 19.3 Å². The molecule has 3 rings (SSSR count). The van der Waals surface area contributed by atoms with Crippen LogP contribution in [0.15, 0.2) is 11.1 Å². The van der Waals surface area contributed by atoms with E-state index in [0.29, 0.717) is 17.6 Å². The van der Waals surface area contributed by atoms with Crippen molar-refractivity contribution in [2.75, 3.05) is 6.61 Å². The van der Waals surface area contributed by atoms with Crippen molar-refractivity contribution < 1.29 is 14.3 Å². The van der Waals surface area contributed by atoms with Gasteiger partial charge < -0.3 is 4.74 Å². The molecule has 18 heavy (non-hydrogen) atoms. The Hall–Kier alpha value is -1.12. The van der Waals surface area contributed by atoms with Gasteiger partial charge in [0.1, 0.15) is 6.61 Å². The first-order valence-electron chi connectivity index (χ1n) is 6.80. The molecule has 1 aliphatic heterocycles. The van der Waals surface area contributed by atoms with Crippen LogP contribution in [0.25, 0.3) is 0 Å². The standard InChI is InChI=1S/C15H20O3/c1-14(2)5-4-6-15(3)11(14)7-10(16)9-8-18-13(17)12(9)15/h11H,4-8H2,1-3H3/t11-,15+/m1/s1. The number of esters is 1. The van der Waals surface area contributed by atoms with Crippen LogP contribution in [0.4, 0.5) is 0 Å². The fourth-order valence-corrected chi connectivity index (χ4v) is 4.43. The fourth-order valence-electron chi connectivity index (χ4n) is 4.43. The van der Waals surface area contributed by atoms with Crippen LogP contribution in [0, 0.1) is 16.7 Å². The summed E-state index contributed by atoms with van der Waals surface area (Å²) in [6.45, 7) is 6.82. The predicted molar refractivity (Wildman–Crippen MR) is 66.8 cm³/mol. The lowest BCUT2D eigenvalue weighted by atomic mass is 9.50. The normalized spacial score (nSPS) is 38.3. The van der Waals surface area contributed by atoms with Gasteiger partial charge >= 0.3 is 5.97 Å². The Morgan fingerprint density at radius 2 is 1.89 bits per heavy atom. The minimum absolute atomic E-state index is 0.129. The van der Waals surface area contributed by atoms with Crippen LogP contribution >= 0.6 is 0 Å². The van der Waals surface area contributed by atoms with Crippen molar-refractivity contribution in [3.8, 4) is 0 Å². The molecule has 1 saturated carbocycles. The third-order valence-corrected chi connectivity index (χ3v) is 5.38. The summed E-state index contributed by atoms with van der Waals surface area (Å²) in [6, 6.07) is 0. The van der Waals surface area contributed by atoms with Crippen molar-refractivity contribution in [2.45, 2.75) is 46.5 Å². The second-order valence-electron chi connectivity index (χ2n) is 6.87. The SMILES string of the molecule is CC1(C)CCC[C@]2(C)C3=C(COC3=O)C(=O)C[C@H]12. The summed E-state index contributed by atoms with van der Waals surface area (Å²) in [5.74, 6) is 0.159. The maximum absolute atomic E-state index is 12.2. The molecule has 1 fully saturated rings. The Kier molecular flexibility index (Phi) is 2.30. The van der Waals surface area contributed by atoms with E-state index >= 15 is 0 Å². The summed E-state index contributed by atoms with van der Waals surface area (Å²) in [7, 11) is 0. The van der Waals surface area contributed by atoms with Crippen LogP contribution in [-0.4, -0.2) is 18.4 Å². The first-order chi connectivity index (χ1) is 8.36. The molecule has 2 atom stereocenters. The number of hydrogen-bond acceptors (Lipinski definition) is 3. The van der Waals surface area contributed by atoms with Gasteiger partial charge in [0.05, 0.1) is 5.57 Å². The summed E-state index contributed by atoms with van der Waals surface area (Å²) in [5.41, 5.74) is 1.34. The van der Waals surface area contributed by atoms with E-state index in [1.54, 1.807) is 0 Å². The summed E-state index contributed by atoms with van der Waals surface area (Å²) in [4.78, 5) is 24.2. The van der Waals surface area contributed by atoms with Crippen molar-refractivity contribution in [1.29, 1.82) is 0 Å². The number of ether oxygens (including phenoxy) is 1. The van der Waals surface area contributed by atoms with Gasteiger partial charge in [-0.2, -0.15) is 0 Å². The number of carbonyl (C=O) groups is 2. The number of ketones is 1. The van der Waals surface area contributed by atoms with Gasteiger partial charge in [-0.1, -0.05) is 27.2 Å². The highest BCUT2D eigenvalue weighted by atomic mass is 16.5. The lowest BCUT2D eigenvalue weighted by Crippen LogP contribution is -2.48. The molecular weight excluding hydrogens is 228 g/mol. The number of carbonyl (C=O) groups excluding carboxylic acids is 2. The Bertz CT molecular complexity index is 472. The quantitative estimate of drug-likeness (QED) is 0.619. The first-order valence-corrected chi connectivity index (χ1v) is 6.80. The van der Waals surface area contributed by atoms with Crippen LogP contribution in [0.3, 0.4) is 0 Å². The highest BCUT2D eigenvalue weighted by molar-refractivity contribution is 6.09. The summed E-state index contributed by atoms with van der Waals surface area (Å²) >= 11 is 0. The average Bonchev–Trinajstić information content (AvgIpc) is 2.66. The molecule has 98 valence electrons. The Labute approximate surface area is 108 Å². The zero-order valence-electron chi connectivity index (χ0n) is 11.3. The second-order valence-corrected chi connectivity index (χ2v) is 6.87. The summed E-state index contributed by atoms with van der Waals surface area (Å²) in [5, 5.41) is 0. The van der Waals surface area contributed by atoms with E-state index < -0.39 is 0 Å². The van der Waals surface area contributed by atoms with Crippen LogP contribution in [0.1, 0.15) is 46.5 Å². The summed E-state index contributed by atoms with van der Waals surface area (Å²) < 4.78 is 5.12. The largest absolute Gasteiger partial charge is 0.457 e. The number of rotatable bonds is 0. The molecule has 0 radical (unpaired) electrons. The van der Waals surface area contributed by atoms with Crippen LogP contribution in [-0.2, 0) is 14.3 Å². The van der Waals surface area contributed by atoms with Gasteiger partial charge in [0, 0.05) is 17.4 Å². The molecule has 0 aromatic rings. The molecular formula is C15H20O3. The Balaban J connectivity index is 2.15. The van der Waals surface area contributed by atoms with Crippen molar-refractivity contribution in [1.82, 2.24) is 0 Å². The highest BCUT2D eigenvalue weighted by Gasteiger charge is 2.56. The average molecular weight is 248 g/mol. The van der Waals surface area contributed by atoms with Gasteiger partial charge in [-0.25, -0.2) is 4.79 Å². The molecule has 3 nitrogen and oxygen atoms in total. The van der Waals surface area contributed by atoms with Crippen molar-refractivity contribution >= 4 is 11.8 Å². The van der Waals surface area contributed by atoms with Gasteiger partial charge in [-0.05, 0) is 24.2 Å². The second kappa shape index (κ2) is 3.46. The van der Waals surface area contributed by atoms with E-state index in [-0.39, 0.29) is 35.1 Å². The van der Waals surface area contributed by atoms with Crippen molar-refractivity contribution in [3.63, 3.8) is 0 Å². The van der Waals surface area contributed by atoms with Gasteiger partial charge in [0.15, 0.2) is 5.78 Å². The maximum Gasteiger partial charge on any atom is 0.335 e. The minimum atomic E-state index is -0.247. The zero-order chi connectivity index (χ0) is 13.1. The molecule has 0 bridgehead atoms. The van der Waals surface area contributed by atoms with Crippen LogP contribution < -0.4 is 0 Å². The molecule has 2 aliphatic carbocycles. The molecule has 0 aromatic heterocycles. The third kappa shape index (κ3) is 1.36. The minimum Gasteiger partial charge on any atom is -0.457 e. The van der Waals surface area contributed by atoms with Gasteiger partial charge in [-0.15, -0.1) is 0 Å². The molecule has 3 aliphatic rings. The number of Topliss-reactive ketones (excluding diaryl/α,β-unsaturated/α-hetero) is 1. The molecule has 0 N–H and O–H groups in total. The van der Waals surface area contributed by atoms with Gasteiger partial charge in [0.2, 0.25) is 0 Å². The lowest BCUT2D eigenvalue weighted by Gasteiger charge is -2.52. The topological polar surface area (TPSA) is 43.4 Å². The Morgan fingerprint density at radius 3 is 2.61 bits per heavy atom. The van der Waals surface area contributed by atoms with E-state index in [1.165, 1.54) is 0 Å². The number of hydrogen-bond donors (Lipinski definition) is 0. The first kappa shape index (κ1) is 11.9. The highest BCUT2D eigenvalue weighted by Crippen LogP contribution is 2.59. The number of fused-ring (bicyclic) bond motifs is 2. The van der Waals surface area contributed by atoms with Crippen molar-refractivity contribution in [2.24, 2.45) is 16.7 Å². The molecule has 0 aromatic carbocycles. The number of cyclic esters (lactones) is 1. The van der Waals surface area contributed by atoms with E-state index in [1.807, 2.05) is 0 Å². The van der Waals surface area contributed by atoms with E-state index in [9.17, 15) is 9.59 Å². The smallest absolute Gasteiger partial charge is 0.335 e. The molecule has 3 heteroatoms. The Morgan fingerprint density at radius 1 is 1.17 bits per heavy atom.